The molecule has 0 bridgehead atoms. The van der Waals surface area contributed by atoms with Crippen LogP contribution < -0.4 is 10.6 Å². The van der Waals surface area contributed by atoms with Crippen LogP contribution in [0, 0.1) is 5.82 Å². The molecule has 0 radical (unpaired) electrons. The lowest BCUT2D eigenvalue weighted by molar-refractivity contribution is -0.0277. The third kappa shape index (κ3) is 3.00. The molecule has 0 spiro atoms. The zero-order valence-electron chi connectivity index (χ0n) is 11.1. The van der Waals surface area contributed by atoms with Gasteiger partial charge in [0.05, 0.1) is 12.2 Å². The molecule has 0 aromatic heterocycles. The van der Waals surface area contributed by atoms with Crippen molar-refractivity contribution in [2.75, 3.05) is 31.1 Å². The molecule has 2 rings (SSSR count). The third-order valence-corrected chi connectivity index (χ3v) is 3.22. The second kappa shape index (κ2) is 5.24. The van der Waals surface area contributed by atoms with E-state index in [-0.39, 0.29) is 11.4 Å². The van der Waals surface area contributed by atoms with E-state index in [0.717, 1.165) is 24.3 Å². The van der Waals surface area contributed by atoms with Gasteiger partial charge in [0.1, 0.15) is 5.82 Å². The molecule has 1 aliphatic rings. The first-order valence-corrected chi connectivity index (χ1v) is 6.39. The average Bonchev–Trinajstić information content (AvgIpc) is 2.28. The molecule has 1 aromatic carbocycles. The first-order chi connectivity index (χ1) is 8.52. The number of ether oxygens (including phenoxy) is 1. The molecule has 3 nitrogen and oxygen atoms in total. The van der Waals surface area contributed by atoms with Gasteiger partial charge in [0, 0.05) is 18.8 Å². The summed E-state index contributed by atoms with van der Waals surface area (Å²) in [5, 5.41) is 0. The van der Waals surface area contributed by atoms with Gasteiger partial charge >= 0.3 is 0 Å². The van der Waals surface area contributed by atoms with Gasteiger partial charge in [-0.05, 0) is 50.6 Å². The van der Waals surface area contributed by atoms with Crippen molar-refractivity contribution in [2.24, 2.45) is 5.73 Å². The molecule has 100 valence electrons. The molecule has 0 aliphatic carbocycles. The maximum absolute atomic E-state index is 13.3. The maximum Gasteiger partial charge on any atom is 0.123 e. The summed E-state index contributed by atoms with van der Waals surface area (Å²) >= 11 is 0. The van der Waals surface area contributed by atoms with E-state index in [1.54, 1.807) is 6.07 Å². The Balaban J connectivity index is 2.26. The molecular weight excluding hydrogens is 231 g/mol. The molecule has 0 saturated carbocycles. The minimum atomic E-state index is -0.199. The van der Waals surface area contributed by atoms with Gasteiger partial charge in [-0.15, -0.1) is 0 Å². The van der Waals surface area contributed by atoms with Crippen molar-refractivity contribution < 1.29 is 9.13 Å². The molecular formula is C14H21FN2O. The van der Waals surface area contributed by atoms with E-state index in [9.17, 15) is 4.39 Å². The van der Waals surface area contributed by atoms with E-state index in [1.807, 2.05) is 6.07 Å². The number of rotatable bonds is 3. The summed E-state index contributed by atoms with van der Waals surface area (Å²) in [7, 11) is 0. The van der Waals surface area contributed by atoms with Crippen LogP contribution in [0.3, 0.4) is 0 Å². The highest BCUT2D eigenvalue weighted by atomic mass is 19.1. The van der Waals surface area contributed by atoms with E-state index < -0.39 is 0 Å². The Morgan fingerprint density at radius 2 is 2.22 bits per heavy atom. The summed E-state index contributed by atoms with van der Waals surface area (Å²) in [5.41, 5.74) is 7.50. The van der Waals surface area contributed by atoms with Crippen LogP contribution in [-0.4, -0.2) is 31.8 Å². The van der Waals surface area contributed by atoms with Crippen LogP contribution in [0.15, 0.2) is 18.2 Å². The monoisotopic (exact) mass is 252 g/mol. The first-order valence-electron chi connectivity index (χ1n) is 6.39. The van der Waals surface area contributed by atoms with Gasteiger partial charge in [-0.2, -0.15) is 0 Å². The molecule has 1 aromatic rings. The van der Waals surface area contributed by atoms with E-state index in [4.69, 9.17) is 10.5 Å². The summed E-state index contributed by atoms with van der Waals surface area (Å²) in [5.74, 6) is -0.199. The van der Waals surface area contributed by atoms with Crippen LogP contribution in [0.5, 0.6) is 0 Å². The molecule has 0 unspecified atom stereocenters. The van der Waals surface area contributed by atoms with Crippen LogP contribution in [0.25, 0.3) is 0 Å². The van der Waals surface area contributed by atoms with Crippen molar-refractivity contribution in [1.29, 1.82) is 0 Å². The van der Waals surface area contributed by atoms with Gasteiger partial charge in [-0.3, -0.25) is 0 Å². The fourth-order valence-electron chi connectivity index (χ4n) is 2.44. The molecule has 18 heavy (non-hydrogen) atoms. The van der Waals surface area contributed by atoms with Gasteiger partial charge in [0.25, 0.3) is 0 Å². The number of hydrogen-bond donors (Lipinski definition) is 1. The third-order valence-electron chi connectivity index (χ3n) is 3.22. The number of halogens is 1. The van der Waals surface area contributed by atoms with E-state index in [2.05, 4.69) is 18.7 Å². The van der Waals surface area contributed by atoms with Crippen LogP contribution in [0.4, 0.5) is 10.1 Å². The van der Waals surface area contributed by atoms with Gasteiger partial charge in [0.15, 0.2) is 0 Å². The normalized spacial score (nSPS) is 19.0. The van der Waals surface area contributed by atoms with Crippen molar-refractivity contribution in [3.63, 3.8) is 0 Å². The molecule has 2 N–H and O–H groups in total. The van der Waals surface area contributed by atoms with Crippen molar-refractivity contribution in [1.82, 2.24) is 0 Å². The molecule has 1 saturated heterocycles. The minimum absolute atomic E-state index is 0.160. The average molecular weight is 252 g/mol. The van der Waals surface area contributed by atoms with Crippen LogP contribution >= 0.6 is 0 Å². The predicted octanol–water partition coefficient (Wildman–Crippen LogP) is 1.94. The molecule has 0 amide bonds. The van der Waals surface area contributed by atoms with Gasteiger partial charge < -0.3 is 15.4 Å². The number of anilines is 1. The first kappa shape index (κ1) is 13.3. The fourth-order valence-corrected chi connectivity index (χ4v) is 2.44. The number of nitrogens with two attached hydrogens (primary N) is 1. The van der Waals surface area contributed by atoms with E-state index in [1.165, 1.54) is 6.07 Å². The smallest absolute Gasteiger partial charge is 0.123 e. The number of nitrogens with zero attached hydrogens (tertiary/aromatic N) is 1. The Kier molecular flexibility index (Phi) is 3.88. The predicted molar refractivity (Wildman–Crippen MR) is 71.4 cm³/mol. The Bertz CT molecular complexity index is 420. The van der Waals surface area contributed by atoms with Crippen LogP contribution in [0.1, 0.15) is 19.4 Å². The minimum Gasteiger partial charge on any atom is -0.372 e. The second-order valence-electron chi connectivity index (χ2n) is 5.34. The highest BCUT2D eigenvalue weighted by molar-refractivity contribution is 5.54. The van der Waals surface area contributed by atoms with Crippen molar-refractivity contribution in [3.8, 4) is 0 Å². The summed E-state index contributed by atoms with van der Waals surface area (Å²) in [4.78, 5) is 2.26. The van der Waals surface area contributed by atoms with Gasteiger partial charge in [-0.25, -0.2) is 4.39 Å². The van der Waals surface area contributed by atoms with Crippen LogP contribution in [-0.2, 0) is 11.2 Å². The van der Waals surface area contributed by atoms with Gasteiger partial charge in [-0.1, -0.05) is 0 Å². The number of hydrogen-bond acceptors (Lipinski definition) is 3. The highest BCUT2D eigenvalue weighted by Crippen LogP contribution is 2.27. The number of morpholine rings is 1. The Hall–Kier alpha value is -1.13. The summed E-state index contributed by atoms with van der Waals surface area (Å²) < 4.78 is 19.0. The fraction of sp³-hybridized carbons (Fsp3) is 0.571. The maximum atomic E-state index is 13.3. The Labute approximate surface area is 108 Å². The summed E-state index contributed by atoms with van der Waals surface area (Å²) in [6, 6.07) is 4.95. The quantitative estimate of drug-likeness (QED) is 0.893. The summed E-state index contributed by atoms with van der Waals surface area (Å²) in [6.07, 6.45) is 0.699. The standard InChI is InChI=1S/C14H21FN2O/c1-14(2)10-17(7-8-18-14)13-4-3-12(15)9-11(13)5-6-16/h3-4,9H,5-8,10,16H2,1-2H3. The number of benzene rings is 1. The zero-order chi connectivity index (χ0) is 13.2. The van der Waals surface area contributed by atoms with Gasteiger partial charge in [0.2, 0.25) is 0 Å². The molecule has 0 atom stereocenters. The molecule has 1 fully saturated rings. The summed E-state index contributed by atoms with van der Waals surface area (Å²) in [6.45, 7) is 7.04. The highest BCUT2D eigenvalue weighted by Gasteiger charge is 2.28. The van der Waals surface area contributed by atoms with Crippen molar-refractivity contribution >= 4 is 5.69 Å². The second-order valence-corrected chi connectivity index (χ2v) is 5.34. The molecule has 1 aliphatic heterocycles. The Morgan fingerprint density at radius 1 is 1.44 bits per heavy atom. The largest absolute Gasteiger partial charge is 0.372 e. The lowest BCUT2D eigenvalue weighted by Crippen LogP contribution is -2.48. The van der Waals surface area contributed by atoms with Crippen molar-refractivity contribution in [3.05, 3.63) is 29.6 Å². The van der Waals surface area contributed by atoms with E-state index >= 15 is 0 Å². The Morgan fingerprint density at radius 3 is 2.89 bits per heavy atom. The lowest BCUT2D eigenvalue weighted by atomic mass is 10.0. The zero-order valence-corrected chi connectivity index (χ0v) is 11.1. The SMILES string of the molecule is CC1(C)CN(c2ccc(F)cc2CCN)CCO1. The topological polar surface area (TPSA) is 38.5 Å². The lowest BCUT2D eigenvalue weighted by Gasteiger charge is -2.40. The van der Waals surface area contributed by atoms with Crippen LogP contribution in [0.2, 0.25) is 0 Å². The van der Waals surface area contributed by atoms with Crippen molar-refractivity contribution in [2.45, 2.75) is 25.9 Å². The molecule has 1 heterocycles. The molecule has 4 heteroatoms. The van der Waals surface area contributed by atoms with E-state index in [0.29, 0.717) is 19.6 Å².